The van der Waals surface area contributed by atoms with E-state index in [1.807, 2.05) is 0 Å². The van der Waals surface area contributed by atoms with Crippen LogP contribution >= 0.6 is 0 Å². The number of benzene rings is 1. The third kappa shape index (κ3) is 2.73. The van der Waals surface area contributed by atoms with E-state index in [1.165, 1.54) is 23.2 Å². The van der Waals surface area contributed by atoms with Gasteiger partial charge in [0, 0.05) is 12.3 Å². The van der Waals surface area contributed by atoms with Gasteiger partial charge >= 0.3 is 0 Å². The summed E-state index contributed by atoms with van der Waals surface area (Å²) in [4.78, 5) is 26.9. The molecule has 0 spiro atoms. The van der Waals surface area contributed by atoms with Crippen molar-refractivity contribution in [2.75, 3.05) is 11.1 Å². The van der Waals surface area contributed by atoms with Crippen LogP contribution < -0.4 is 16.6 Å². The van der Waals surface area contributed by atoms with E-state index in [0.717, 1.165) is 0 Å². The fraction of sp³-hybridized carbons (Fsp3) is 0.0833. The van der Waals surface area contributed by atoms with Crippen LogP contribution in [0, 0.1) is 0 Å². The number of amides is 1. The number of anilines is 2. The lowest BCUT2D eigenvalue weighted by molar-refractivity contribution is -0.116. The normalized spacial score (nSPS) is 10.0. The van der Waals surface area contributed by atoms with E-state index in [1.54, 1.807) is 24.3 Å². The van der Waals surface area contributed by atoms with Gasteiger partial charge in [0.15, 0.2) is 0 Å². The minimum atomic E-state index is -0.331. The molecule has 0 atom stereocenters. The van der Waals surface area contributed by atoms with Crippen LogP contribution in [0.2, 0.25) is 0 Å². The second kappa shape index (κ2) is 5.13. The molecule has 0 unspecified atom stereocenters. The SMILES string of the molecule is Nc1ccccc1NC(=O)Cn1cnccc1=O. The van der Waals surface area contributed by atoms with Gasteiger partial charge in [0.05, 0.1) is 17.7 Å². The summed E-state index contributed by atoms with van der Waals surface area (Å²) in [6.07, 6.45) is 2.70. The largest absolute Gasteiger partial charge is 0.397 e. The predicted octanol–water partition coefficient (Wildman–Crippen LogP) is 0.464. The van der Waals surface area contributed by atoms with Gasteiger partial charge in [-0.25, -0.2) is 4.98 Å². The summed E-state index contributed by atoms with van der Waals surface area (Å²) in [5, 5.41) is 2.63. The second-order valence-corrected chi connectivity index (χ2v) is 3.68. The van der Waals surface area contributed by atoms with Crippen LogP contribution in [0.3, 0.4) is 0 Å². The highest BCUT2D eigenvalue weighted by molar-refractivity contribution is 5.93. The van der Waals surface area contributed by atoms with Crippen molar-refractivity contribution in [2.24, 2.45) is 0 Å². The van der Waals surface area contributed by atoms with Gasteiger partial charge in [-0.2, -0.15) is 0 Å². The minimum absolute atomic E-state index is 0.0962. The fourth-order valence-corrected chi connectivity index (χ4v) is 1.45. The molecule has 0 bridgehead atoms. The standard InChI is InChI=1S/C12H12N4O2/c13-9-3-1-2-4-10(9)15-11(17)7-16-8-14-6-5-12(16)18/h1-6,8H,7,13H2,(H,15,17). The summed E-state index contributed by atoms with van der Waals surface area (Å²) >= 11 is 0. The number of carbonyl (C=O) groups is 1. The highest BCUT2D eigenvalue weighted by Crippen LogP contribution is 2.16. The first-order chi connectivity index (χ1) is 8.66. The molecule has 0 aliphatic carbocycles. The number of para-hydroxylation sites is 2. The van der Waals surface area contributed by atoms with E-state index in [9.17, 15) is 9.59 Å². The summed E-state index contributed by atoms with van der Waals surface area (Å²) < 4.78 is 1.22. The number of rotatable bonds is 3. The molecule has 3 N–H and O–H groups in total. The molecule has 0 aliphatic rings. The van der Waals surface area contributed by atoms with E-state index in [4.69, 9.17) is 5.73 Å². The van der Waals surface area contributed by atoms with Crippen LogP contribution in [0.4, 0.5) is 11.4 Å². The van der Waals surface area contributed by atoms with Gasteiger partial charge < -0.3 is 11.1 Å². The highest BCUT2D eigenvalue weighted by Gasteiger charge is 2.06. The van der Waals surface area contributed by atoms with E-state index >= 15 is 0 Å². The molecule has 1 heterocycles. The predicted molar refractivity (Wildman–Crippen MR) is 68.0 cm³/mol. The van der Waals surface area contributed by atoms with Crippen LogP contribution in [-0.4, -0.2) is 15.5 Å². The number of nitrogens with two attached hydrogens (primary N) is 1. The molecule has 0 fully saturated rings. The Labute approximate surface area is 103 Å². The Morgan fingerprint density at radius 3 is 2.83 bits per heavy atom. The van der Waals surface area contributed by atoms with Crippen molar-refractivity contribution >= 4 is 17.3 Å². The first-order valence-electron chi connectivity index (χ1n) is 5.31. The van der Waals surface area contributed by atoms with Crippen molar-refractivity contribution in [3.63, 3.8) is 0 Å². The molecular weight excluding hydrogens is 232 g/mol. The van der Waals surface area contributed by atoms with Crippen molar-refractivity contribution in [3.05, 3.63) is 53.2 Å². The number of nitrogens with zero attached hydrogens (tertiary/aromatic N) is 2. The Morgan fingerprint density at radius 2 is 2.11 bits per heavy atom. The van der Waals surface area contributed by atoms with Crippen molar-refractivity contribution in [1.29, 1.82) is 0 Å². The molecular formula is C12H12N4O2. The van der Waals surface area contributed by atoms with Crippen LogP contribution in [0.5, 0.6) is 0 Å². The topological polar surface area (TPSA) is 90.0 Å². The number of nitrogen functional groups attached to an aromatic ring is 1. The van der Waals surface area contributed by atoms with Gasteiger partial charge in [0.25, 0.3) is 5.56 Å². The summed E-state index contributed by atoms with van der Waals surface area (Å²) in [5.74, 6) is -0.331. The third-order valence-corrected chi connectivity index (χ3v) is 2.34. The number of nitrogens with one attached hydrogen (secondary N) is 1. The van der Waals surface area contributed by atoms with E-state index in [0.29, 0.717) is 11.4 Å². The molecule has 1 aromatic heterocycles. The monoisotopic (exact) mass is 244 g/mol. The lowest BCUT2D eigenvalue weighted by Gasteiger charge is -2.08. The van der Waals surface area contributed by atoms with Crippen molar-refractivity contribution in [1.82, 2.24) is 9.55 Å². The molecule has 0 saturated heterocycles. The number of carbonyl (C=O) groups excluding carboxylic acids is 1. The first-order valence-corrected chi connectivity index (χ1v) is 5.31. The highest BCUT2D eigenvalue weighted by atomic mass is 16.2. The Bertz CT molecular complexity index is 621. The molecule has 2 rings (SSSR count). The molecule has 0 saturated carbocycles. The lowest BCUT2D eigenvalue weighted by Crippen LogP contribution is -2.27. The smallest absolute Gasteiger partial charge is 0.253 e. The molecule has 18 heavy (non-hydrogen) atoms. The van der Waals surface area contributed by atoms with Crippen molar-refractivity contribution in [2.45, 2.75) is 6.54 Å². The molecule has 1 amide bonds. The van der Waals surface area contributed by atoms with Crippen LogP contribution in [0.1, 0.15) is 0 Å². The van der Waals surface area contributed by atoms with Crippen molar-refractivity contribution < 1.29 is 4.79 Å². The summed E-state index contributed by atoms with van der Waals surface area (Å²) in [5.41, 5.74) is 6.42. The average molecular weight is 244 g/mol. The van der Waals surface area contributed by atoms with Gasteiger partial charge in [-0.3, -0.25) is 14.2 Å². The first kappa shape index (κ1) is 11.8. The van der Waals surface area contributed by atoms with Gasteiger partial charge in [0.1, 0.15) is 6.54 Å². The molecule has 0 aliphatic heterocycles. The average Bonchev–Trinajstić information content (AvgIpc) is 2.35. The Morgan fingerprint density at radius 1 is 1.33 bits per heavy atom. The molecule has 92 valence electrons. The molecule has 6 nitrogen and oxygen atoms in total. The molecule has 1 aromatic carbocycles. The van der Waals surface area contributed by atoms with Gasteiger partial charge in [-0.15, -0.1) is 0 Å². The Kier molecular flexibility index (Phi) is 3.38. The van der Waals surface area contributed by atoms with E-state index in [-0.39, 0.29) is 18.0 Å². The summed E-state index contributed by atoms with van der Waals surface area (Å²) in [6, 6.07) is 8.22. The number of hydrogen-bond acceptors (Lipinski definition) is 4. The molecule has 2 aromatic rings. The second-order valence-electron chi connectivity index (χ2n) is 3.68. The van der Waals surface area contributed by atoms with Gasteiger partial charge in [-0.1, -0.05) is 12.1 Å². The summed E-state index contributed by atoms with van der Waals surface area (Å²) in [7, 11) is 0. The van der Waals surface area contributed by atoms with Gasteiger partial charge in [0.2, 0.25) is 5.91 Å². The maximum Gasteiger partial charge on any atom is 0.253 e. The zero-order chi connectivity index (χ0) is 13.0. The van der Waals surface area contributed by atoms with E-state index < -0.39 is 0 Å². The summed E-state index contributed by atoms with van der Waals surface area (Å²) in [6.45, 7) is -0.0962. The zero-order valence-electron chi connectivity index (χ0n) is 9.54. The van der Waals surface area contributed by atoms with Gasteiger partial charge in [-0.05, 0) is 12.1 Å². The zero-order valence-corrected chi connectivity index (χ0v) is 9.54. The maximum absolute atomic E-state index is 11.7. The maximum atomic E-state index is 11.7. The Hall–Kier alpha value is -2.63. The molecule has 0 radical (unpaired) electrons. The number of aromatic nitrogens is 2. The van der Waals surface area contributed by atoms with Crippen LogP contribution in [-0.2, 0) is 11.3 Å². The fourth-order valence-electron chi connectivity index (χ4n) is 1.45. The van der Waals surface area contributed by atoms with E-state index in [2.05, 4.69) is 10.3 Å². The van der Waals surface area contributed by atoms with Crippen molar-refractivity contribution in [3.8, 4) is 0 Å². The Balaban J connectivity index is 2.09. The quantitative estimate of drug-likeness (QED) is 0.768. The van der Waals surface area contributed by atoms with Crippen LogP contribution in [0.15, 0.2) is 47.7 Å². The van der Waals surface area contributed by atoms with Crippen LogP contribution in [0.25, 0.3) is 0 Å². The molecule has 6 heteroatoms. The minimum Gasteiger partial charge on any atom is -0.397 e. The lowest BCUT2D eigenvalue weighted by atomic mass is 10.2. The third-order valence-electron chi connectivity index (χ3n) is 2.34. The number of hydrogen-bond donors (Lipinski definition) is 2.